The van der Waals surface area contributed by atoms with Gasteiger partial charge < -0.3 is 15.2 Å². The van der Waals surface area contributed by atoms with Gasteiger partial charge in [0.25, 0.3) is 0 Å². The second kappa shape index (κ2) is 8.50. The number of aliphatic hydroxyl groups is 1. The first-order valence-electron chi connectivity index (χ1n) is 8.97. The van der Waals surface area contributed by atoms with Gasteiger partial charge in [0.05, 0.1) is 0 Å². The number of benzene rings is 2. The highest BCUT2D eigenvalue weighted by atomic mass is 16.5. The Morgan fingerprint density at radius 3 is 2.40 bits per heavy atom. The minimum absolute atomic E-state index is 0.00633. The van der Waals surface area contributed by atoms with Crippen LogP contribution in [0.15, 0.2) is 48.5 Å². The van der Waals surface area contributed by atoms with E-state index in [1.807, 2.05) is 30.3 Å². The summed E-state index contributed by atoms with van der Waals surface area (Å²) in [5.74, 6) is 0.855. The summed E-state index contributed by atoms with van der Waals surface area (Å²) in [6, 6.07) is 16.6. The fourth-order valence-electron chi connectivity index (χ4n) is 2.77. The van der Waals surface area contributed by atoms with Gasteiger partial charge >= 0.3 is 0 Å². The Balaban J connectivity index is 1.89. The summed E-state index contributed by atoms with van der Waals surface area (Å²) in [5, 5.41) is 13.6. The molecule has 0 spiro atoms. The van der Waals surface area contributed by atoms with Gasteiger partial charge in [-0.25, -0.2) is 0 Å². The summed E-state index contributed by atoms with van der Waals surface area (Å²) in [6.07, 6.45) is -0.555. The third kappa shape index (κ3) is 5.87. The Morgan fingerprint density at radius 1 is 1.08 bits per heavy atom. The Labute approximate surface area is 152 Å². The maximum Gasteiger partial charge on any atom is 0.123 e. The lowest BCUT2D eigenvalue weighted by molar-refractivity contribution is 0.103. The number of ether oxygens (including phenoxy) is 1. The zero-order valence-electron chi connectivity index (χ0n) is 16.0. The predicted molar refractivity (Wildman–Crippen MR) is 104 cm³/mol. The summed E-state index contributed by atoms with van der Waals surface area (Å²) >= 11 is 0. The average molecular weight is 341 g/mol. The van der Waals surface area contributed by atoms with Crippen molar-refractivity contribution < 1.29 is 9.84 Å². The van der Waals surface area contributed by atoms with E-state index >= 15 is 0 Å². The highest BCUT2D eigenvalue weighted by molar-refractivity contribution is 5.41. The number of aliphatic hydroxyl groups excluding tert-OH is 1. The van der Waals surface area contributed by atoms with Crippen LogP contribution in [0.1, 0.15) is 50.4 Å². The van der Waals surface area contributed by atoms with Crippen molar-refractivity contribution in [1.82, 2.24) is 5.32 Å². The maximum atomic E-state index is 10.3. The molecule has 136 valence electrons. The van der Waals surface area contributed by atoms with Crippen LogP contribution in [0.5, 0.6) is 5.75 Å². The highest BCUT2D eigenvalue weighted by Crippen LogP contribution is 2.32. The van der Waals surface area contributed by atoms with Crippen LogP contribution >= 0.6 is 0 Å². The van der Waals surface area contributed by atoms with Gasteiger partial charge in [-0.05, 0) is 36.5 Å². The van der Waals surface area contributed by atoms with Gasteiger partial charge in [0.2, 0.25) is 0 Å². The van der Waals surface area contributed by atoms with Crippen molar-refractivity contribution in [3.63, 3.8) is 0 Å². The summed E-state index contributed by atoms with van der Waals surface area (Å²) in [4.78, 5) is 0. The lowest BCUT2D eigenvalue weighted by Crippen LogP contribution is -2.33. The van der Waals surface area contributed by atoms with Crippen molar-refractivity contribution in [3.05, 3.63) is 65.2 Å². The zero-order valence-corrected chi connectivity index (χ0v) is 16.0. The monoisotopic (exact) mass is 341 g/mol. The molecule has 3 heteroatoms. The number of rotatable bonds is 7. The maximum absolute atomic E-state index is 10.3. The molecule has 0 aliphatic rings. The van der Waals surface area contributed by atoms with E-state index < -0.39 is 6.10 Å². The zero-order chi connectivity index (χ0) is 18.4. The molecular weight excluding hydrogens is 310 g/mol. The molecule has 0 fully saturated rings. The van der Waals surface area contributed by atoms with Gasteiger partial charge in [0, 0.05) is 12.6 Å². The van der Waals surface area contributed by atoms with E-state index in [1.54, 1.807) is 0 Å². The van der Waals surface area contributed by atoms with Crippen molar-refractivity contribution >= 4 is 0 Å². The van der Waals surface area contributed by atoms with Crippen LogP contribution in [-0.2, 0) is 5.41 Å². The summed E-state index contributed by atoms with van der Waals surface area (Å²) in [5.41, 5.74) is 3.61. The molecule has 2 atom stereocenters. The molecule has 0 bridgehead atoms. The van der Waals surface area contributed by atoms with Crippen molar-refractivity contribution in [1.29, 1.82) is 0 Å². The molecule has 2 rings (SSSR count). The van der Waals surface area contributed by atoms with Gasteiger partial charge in [-0.2, -0.15) is 0 Å². The standard InChI is InChI=1S/C22H31NO2/c1-16-11-12-21(20(13-16)22(3,4)5)25-15-19(24)14-23-17(2)18-9-7-6-8-10-18/h6-13,17,19,23-24H,14-15H2,1-5H3/t17-,19+/m0/s1. The molecule has 0 saturated carbocycles. The Morgan fingerprint density at radius 2 is 1.76 bits per heavy atom. The Hall–Kier alpha value is -1.84. The number of hydrogen-bond donors (Lipinski definition) is 2. The first-order chi connectivity index (χ1) is 11.8. The molecule has 2 aromatic rings. The Kier molecular flexibility index (Phi) is 6.63. The van der Waals surface area contributed by atoms with Crippen LogP contribution in [0.2, 0.25) is 0 Å². The molecule has 3 nitrogen and oxygen atoms in total. The van der Waals surface area contributed by atoms with Crippen molar-refractivity contribution in [2.24, 2.45) is 0 Å². The smallest absolute Gasteiger partial charge is 0.123 e. The van der Waals surface area contributed by atoms with E-state index in [-0.39, 0.29) is 18.1 Å². The number of hydrogen-bond acceptors (Lipinski definition) is 3. The Bertz CT molecular complexity index is 661. The first kappa shape index (κ1) is 19.5. The fourth-order valence-corrected chi connectivity index (χ4v) is 2.77. The molecule has 0 aliphatic heterocycles. The quantitative estimate of drug-likeness (QED) is 0.785. The van der Waals surface area contributed by atoms with E-state index in [9.17, 15) is 5.11 Å². The molecule has 0 radical (unpaired) electrons. The fraction of sp³-hybridized carbons (Fsp3) is 0.455. The van der Waals surface area contributed by atoms with Crippen LogP contribution in [0, 0.1) is 6.92 Å². The van der Waals surface area contributed by atoms with Gasteiger partial charge in [-0.1, -0.05) is 68.8 Å². The highest BCUT2D eigenvalue weighted by Gasteiger charge is 2.20. The number of nitrogens with one attached hydrogen (secondary N) is 1. The summed E-state index contributed by atoms with van der Waals surface area (Å²) < 4.78 is 5.93. The van der Waals surface area contributed by atoms with Gasteiger partial charge in [0.15, 0.2) is 0 Å². The third-order valence-corrected chi connectivity index (χ3v) is 4.33. The molecule has 0 heterocycles. The van der Waals surface area contributed by atoms with Crippen LogP contribution in [0.4, 0.5) is 0 Å². The van der Waals surface area contributed by atoms with Crippen LogP contribution in [-0.4, -0.2) is 24.4 Å². The van der Waals surface area contributed by atoms with Gasteiger partial charge in [-0.15, -0.1) is 0 Å². The van der Waals surface area contributed by atoms with E-state index in [1.165, 1.54) is 16.7 Å². The summed E-state index contributed by atoms with van der Waals surface area (Å²) in [6.45, 7) is 11.5. The summed E-state index contributed by atoms with van der Waals surface area (Å²) in [7, 11) is 0. The molecule has 0 aliphatic carbocycles. The van der Waals surface area contributed by atoms with Gasteiger partial charge in [-0.3, -0.25) is 0 Å². The molecule has 0 amide bonds. The van der Waals surface area contributed by atoms with Crippen molar-refractivity contribution in [2.45, 2.75) is 52.2 Å². The third-order valence-electron chi connectivity index (χ3n) is 4.33. The largest absolute Gasteiger partial charge is 0.491 e. The lowest BCUT2D eigenvalue weighted by atomic mass is 9.85. The molecule has 0 aromatic heterocycles. The minimum atomic E-state index is -0.555. The topological polar surface area (TPSA) is 41.5 Å². The SMILES string of the molecule is Cc1ccc(OC[C@H](O)CN[C@@H](C)c2ccccc2)c(C(C)(C)C)c1. The molecule has 2 aromatic carbocycles. The average Bonchev–Trinajstić information content (AvgIpc) is 2.58. The molecule has 2 N–H and O–H groups in total. The van der Waals surface area contributed by atoms with Crippen LogP contribution < -0.4 is 10.1 Å². The van der Waals surface area contributed by atoms with Crippen LogP contribution in [0.25, 0.3) is 0 Å². The van der Waals surface area contributed by atoms with E-state index in [0.29, 0.717) is 6.54 Å². The molecule has 0 unspecified atom stereocenters. The second-order valence-corrected chi connectivity index (χ2v) is 7.76. The number of aryl methyl sites for hydroxylation is 1. The predicted octanol–water partition coefficient (Wildman–Crippen LogP) is 4.38. The first-order valence-corrected chi connectivity index (χ1v) is 8.97. The van der Waals surface area contributed by atoms with E-state index in [0.717, 1.165) is 5.75 Å². The van der Waals surface area contributed by atoms with E-state index in [4.69, 9.17) is 4.74 Å². The van der Waals surface area contributed by atoms with Gasteiger partial charge in [0.1, 0.15) is 18.5 Å². The van der Waals surface area contributed by atoms with Crippen LogP contribution in [0.3, 0.4) is 0 Å². The lowest BCUT2D eigenvalue weighted by Gasteiger charge is -2.24. The molecule has 0 saturated heterocycles. The molecule has 25 heavy (non-hydrogen) atoms. The normalized spacial score (nSPS) is 14.2. The van der Waals surface area contributed by atoms with Crippen molar-refractivity contribution in [3.8, 4) is 5.75 Å². The molecular formula is C22H31NO2. The second-order valence-electron chi connectivity index (χ2n) is 7.76. The minimum Gasteiger partial charge on any atom is -0.491 e. The van der Waals surface area contributed by atoms with E-state index in [2.05, 4.69) is 58.1 Å². The van der Waals surface area contributed by atoms with Crippen molar-refractivity contribution in [2.75, 3.05) is 13.2 Å².